The number of aliphatic carboxylic acids is 1. The number of methoxy groups -OCH3 is 1. The molecular formula is C33H37FO4. The van der Waals surface area contributed by atoms with Gasteiger partial charge in [-0.2, -0.15) is 0 Å². The van der Waals surface area contributed by atoms with Gasteiger partial charge in [0, 0.05) is 5.56 Å². The van der Waals surface area contributed by atoms with Gasteiger partial charge in [0.2, 0.25) is 0 Å². The SMILES string of the molecule is COc1ccc(F)c(-c2cc(C)c(COc3ccc4c(c3)[C@@H](CC(=O)O)CCC4)cc2/C=C/C(C)(C)C)c1. The Morgan fingerprint density at radius 1 is 1.08 bits per heavy atom. The second-order valence-electron chi connectivity index (χ2n) is 11.2. The molecule has 0 spiro atoms. The average Bonchev–Trinajstić information content (AvgIpc) is 2.87. The van der Waals surface area contributed by atoms with Crippen molar-refractivity contribution in [2.45, 2.75) is 65.9 Å². The quantitative estimate of drug-likeness (QED) is 0.327. The molecule has 3 aromatic carbocycles. The Morgan fingerprint density at radius 2 is 1.84 bits per heavy atom. The zero-order valence-electron chi connectivity index (χ0n) is 22.9. The zero-order chi connectivity index (χ0) is 27.4. The minimum atomic E-state index is -0.770. The van der Waals surface area contributed by atoms with Crippen molar-refractivity contribution in [1.82, 2.24) is 0 Å². The highest BCUT2D eigenvalue weighted by Crippen LogP contribution is 2.37. The van der Waals surface area contributed by atoms with Gasteiger partial charge in [0.25, 0.3) is 0 Å². The zero-order valence-corrected chi connectivity index (χ0v) is 22.9. The monoisotopic (exact) mass is 516 g/mol. The van der Waals surface area contributed by atoms with Gasteiger partial charge in [-0.25, -0.2) is 4.39 Å². The van der Waals surface area contributed by atoms with Crippen LogP contribution in [0.25, 0.3) is 17.2 Å². The molecule has 1 aliphatic carbocycles. The molecule has 5 heteroatoms. The maximum absolute atomic E-state index is 15.0. The average molecular weight is 517 g/mol. The molecule has 0 fully saturated rings. The largest absolute Gasteiger partial charge is 0.497 e. The van der Waals surface area contributed by atoms with Crippen LogP contribution in [0.2, 0.25) is 0 Å². The predicted octanol–water partition coefficient (Wildman–Crippen LogP) is 8.34. The van der Waals surface area contributed by atoms with Crippen LogP contribution < -0.4 is 9.47 Å². The van der Waals surface area contributed by atoms with E-state index in [0.29, 0.717) is 17.9 Å². The van der Waals surface area contributed by atoms with Crippen LogP contribution in [0.5, 0.6) is 11.5 Å². The molecule has 0 radical (unpaired) electrons. The summed E-state index contributed by atoms with van der Waals surface area (Å²) >= 11 is 0. The minimum absolute atomic E-state index is 0.0210. The summed E-state index contributed by atoms with van der Waals surface area (Å²) in [7, 11) is 1.58. The maximum atomic E-state index is 15.0. The highest BCUT2D eigenvalue weighted by molar-refractivity contribution is 5.78. The van der Waals surface area contributed by atoms with Gasteiger partial charge in [0.05, 0.1) is 13.5 Å². The normalized spacial score (nSPS) is 15.4. The highest BCUT2D eigenvalue weighted by atomic mass is 19.1. The number of hydrogen-bond acceptors (Lipinski definition) is 3. The molecule has 0 saturated carbocycles. The molecule has 0 aromatic heterocycles. The molecule has 0 aliphatic heterocycles. The maximum Gasteiger partial charge on any atom is 0.303 e. The smallest absolute Gasteiger partial charge is 0.303 e. The fourth-order valence-electron chi connectivity index (χ4n) is 5.02. The number of halogens is 1. The third kappa shape index (κ3) is 6.63. The van der Waals surface area contributed by atoms with E-state index < -0.39 is 5.97 Å². The Kier molecular flexibility index (Phi) is 8.25. The van der Waals surface area contributed by atoms with Crippen molar-refractivity contribution in [2.75, 3.05) is 7.11 Å². The first-order chi connectivity index (χ1) is 18.0. The van der Waals surface area contributed by atoms with Gasteiger partial charge in [-0.05, 0) is 107 Å². The van der Waals surface area contributed by atoms with E-state index in [1.165, 1.54) is 11.6 Å². The van der Waals surface area contributed by atoms with Gasteiger partial charge in [0.15, 0.2) is 0 Å². The Bertz CT molecular complexity index is 1350. The van der Waals surface area contributed by atoms with Gasteiger partial charge in [-0.15, -0.1) is 0 Å². The van der Waals surface area contributed by atoms with Crippen LogP contribution in [-0.2, 0) is 17.8 Å². The first kappa shape index (κ1) is 27.4. The number of benzene rings is 3. The van der Waals surface area contributed by atoms with E-state index >= 15 is 0 Å². The van der Waals surface area contributed by atoms with Crippen LogP contribution >= 0.6 is 0 Å². The van der Waals surface area contributed by atoms with E-state index in [0.717, 1.165) is 52.8 Å². The summed E-state index contributed by atoms with van der Waals surface area (Å²) < 4.78 is 26.5. The number of fused-ring (bicyclic) bond motifs is 1. The number of carboxylic acids is 1. The lowest BCUT2D eigenvalue weighted by Gasteiger charge is -2.25. The molecule has 38 heavy (non-hydrogen) atoms. The molecule has 4 rings (SSSR count). The Morgan fingerprint density at radius 3 is 2.55 bits per heavy atom. The topological polar surface area (TPSA) is 55.8 Å². The van der Waals surface area contributed by atoms with Gasteiger partial charge in [0.1, 0.15) is 23.9 Å². The molecule has 1 atom stereocenters. The summed E-state index contributed by atoms with van der Waals surface area (Å²) in [5.41, 5.74) is 6.46. The highest BCUT2D eigenvalue weighted by Gasteiger charge is 2.23. The number of rotatable bonds is 8. The fraction of sp³-hybridized carbons (Fsp3) is 0.364. The number of hydrogen-bond donors (Lipinski definition) is 1. The van der Waals surface area contributed by atoms with Crippen LogP contribution in [-0.4, -0.2) is 18.2 Å². The van der Waals surface area contributed by atoms with Gasteiger partial charge in [-0.1, -0.05) is 45.1 Å². The molecule has 200 valence electrons. The fourth-order valence-corrected chi connectivity index (χ4v) is 5.02. The van der Waals surface area contributed by atoms with Crippen molar-refractivity contribution in [3.05, 3.63) is 88.2 Å². The van der Waals surface area contributed by atoms with Crippen LogP contribution in [0.15, 0.2) is 54.6 Å². The minimum Gasteiger partial charge on any atom is -0.497 e. The number of aryl methyl sites for hydroxylation is 2. The molecule has 0 bridgehead atoms. The molecule has 0 unspecified atom stereocenters. The standard InChI is InChI=1S/C33H37FO4/c1-21-15-29(30-18-26(37-5)11-12-31(30)34)24(13-14-33(2,3)4)16-25(21)20-38-27-10-9-22-7-6-8-23(17-32(35)36)28(22)19-27/h9-16,18-19,23H,6-8,17,20H2,1-5H3,(H,35,36)/b14-13+/t23-/m1/s1. The van der Waals surface area contributed by atoms with E-state index in [1.807, 2.05) is 31.2 Å². The molecule has 0 saturated heterocycles. The lowest BCUT2D eigenvalue weighted by atomic mass is 9.81. The predicted molar refractivity (Wildman–Crippen MR) is 150 cm³/mol. The number of carbonyl (C=O) groups is 1. The van der Waals surface area contributed by atoms with Crippen molar-refractivity contribution in [1.29, 1.82) is 0 Å². The first-order valence-corrected chi connectivity index (χ1v) is 13.2. The van der Waals surface area contributed by atoms with Crippen molar-refractivity contribution in [2.24, 2.45) is 5.41 Å². The summed E-state index contributed by atoms with van der Waals surface area (Å²) in [6, 6.07) is 14.9. The van der Waals surface area contributed by atoms with E-state index in [-0.39, 0.29) is 23.6 Å². The van der Waals surface area contributed by atoms with E-state index in [9.17, 15) is 14.3 Å². The Hall–Kier alpha value is -3.60. The molecule has 3 aromatic rings. The molecule has 1 aliphatic rings. The van der Waals surface area contributed by atoms with Gasteiger partial charge < -0.3 is 14.6 Å². The van der Waals surface area contributed by atoms with Crippen LogP contribution in [0.3, 0.4) is 0 Å². The molecular weight excluding hydrogens is 479 g/mol. The first-order valence-electron chi connectivity index (χ1n) is 13.2. The van der Waals surface area contributed by atoms with E-state index in [4.69, 9.17) is 9.47 Å². The second-order valence-corrected chi connectivity index (χ2v) is 11.2. The van der Waals surface area contributed by atoms with Crippen molar-refractivity contribution >= 4 is 12.0 Å². The number of allylic oxidation sites excluding steroid dienone is 1. The summed E-state index contributed by atoms with van der Waals surface area (Å²) in [4.78, 5) is 11.4. The van der Waals surface area contributed by atoms with E-state index in [2.05, 4.69) is 39.0 Å². The van der Waals surface area contributed by atoms with Crippen molar-refractivity contribution < 1.29 is 23.8 Å². The van der Waals surface area contributed by atoms with Gasteiger partial charge >= 0.3 is 5.97 Å². The molecule has 0 amide bonds. The Balaban J connectivity index is 1.66. The number of carboxylic acid groups (broad SMARTS) is 1. The second kappa shape index (κ2) is 11.4. The third-order valence-corrected chi connectivity index (χ3v) is 7.11. The lowest BCUT2D eigenvalue weighted by molar-refractivity contribution is -0.137. The van der Waals surface area contributed by atoms with Gasteiger partial charge in [-0.3, -0.25) is 4.79 Å². The summed E-state index contributed by atoms with van der Waals surface area (Å²) in [6.45, 7) is 8.74. The molecule has 4 nitrogen and oxygen atoms in total. The van der Waals surface area contributed by atoms with E-state index in [1.54, 1.807) is 19.2 Å². The lowest BCUT2D eigenvalue weighted by Crippen LogP contribution is -2.13. The number of ether oxygens (including phenoxy) is 2. The summed E-state index contributed by atoms with van der Waals surface area (Å²) in [5.74, 6) is 0.284. The Labute approximate surface area is 225 Å². The summed E-state index contributed by atoms with van der Waals surface area (Å²) in [6.07, 6.45) is 7.17. The molecule has 1 N–H and O–H groups in total. The molecule has 0 heterocycles. The van der Waals surface area contributed by atoms with Crippen LogP contribution in [0.1, 0.15) is 73.8 Å². The summed E-state index contributed by atoms with van der Waals surface area (Å²) in [5, 5.41) is 9.35. The third-order valence-electron chi connectivity index (χ3n) is 7.11. The van der Waals surface area contributed by atoms with Crippen molar-refractivity contribution in [3.8, 4) is 22.6 Å². The van der Waals surface area contributed by atoms with Crippen molar-refractivity contribution in [3.63, 3.8) is 0 Å². The van der Waals surface area contributed by atoms with Crippen LogP contribution in [0, 0.1) is 18.2 Å². The van der Waals surface area contributed by atoms with Crippen LogP contribution in [0.4, 0.5) is 4.39 Å².